The van der Waals surface area contributed by atoms with Gasteiger partial charge in [0.2, 0.25) is 0 Å². The molecular weight excluding hydrogens is 270 g/mol. The van der Waals surface area contributed by atoms with Crippen molar-refractivity contribution in [3.63, 3.8) is 0 Å². The van der Waals surface area contributed by atoms with Crippen LogP contribution in [0.5, 0.6) is 0 Å². The minimum atomic E-state index is -0.949. The Hall–Kier alpha value is -1.60. The molecule has 2 fully saturated rings. The number of carbonyl (C=O) groups is 1. The zero-order valence-corrected chi connectivity index (χ0v) is 10.8. The molecule has 1 unspecified atom stereocenters. The van der Waals surface area contributed by atoms with Crippen molar-refractivity contribution >= 4 is 5.91 Å². The van der Waals surface area contributed by atoms with Crippen LogP contribution in [0.3, 0.4) is 0 Å². The number of rotatable bonds is 1. The van der Waals surface area contributed by atoms with Crippen molar-refractivity contribution < 1.29 is 23.0 Å². The molecule has 1 atom stereocenters. The second kappa shape index (κ2) is 5.06. The Kier molecular flexibility index (Phi) is 3.39. The average molecular weight is 284 g/mol. The number of pyridine rings is 1. The predicted octanol–water partition coefficient (Wildman–Crippen LogP) is 0.991. The third-order valence-corrected chi connectivity index (χ3v) is 3.74. The van der Waals surface area contributed by atoms with Gasteiger partial charge in [0.05, 0.1) is 31.6 Å². The molecule has 0 saturated carbocycles. The van der Waals surface area contributed by atoms with Crippen LogP contribution in [0.4, 0.5) is 8.78 Å². The number of ether oxygens (including phenoxy) is 2. The minimum Gasteiger partial charge on any atom is -0.379 e. The number of hydrogen-bond acceptors (Lipinski definition) is 4. The van der Waals surface area contributed by atoms with E-state index in [4.69, 9.17) is 9.47 Å². The molecule has 2 aliphatic rings. The first-order chi connectivity index (χ1) is 9.62. The summed E-state index contributed by atoms with van der Waals surface area (Å²) < 4.78 is 37.4. The number of carbonyl (C=O) groups excluding carboxylic acids is 1. The first kappa shape index (κ1) is 13.4. The number of aromatic nitrogens is 1. The molecule has 5 nitrogen and oxygen atoms in total. The molecule has 0 aromatic carbocycles. The van der Waals surface area contributed by atoms with Gasteiger partial charge in [-0.05, 0) is 6.42 Å². The van der Waals surface area contributed by atoms with Gasteiger partial charge in [0.15, 0.2) is 11.5 Å². The van der Waals surface area contributed by atoms with Crippen LogP contribution in [0, 0.1) is 11.6 Å². The summed E-state index contributed by atoms with van der Waals surface area (Å²) in [6.07, 6.45) is 1.48. The molecule has 2 aliphatic heterocycles. The maximum absolute atomic E-state index is 13.7. The summed E-state index contributed by atoms with van der Waals surface area (Å²) in [5, 5.41) is 0. The lowest BCUT2D eigenvalue weighted by molar-refractivity contribution is -0.0554. The quantitative estimate of drug-likeness (QED) is 0.772. The molecule has 7 heteroatoms. The van der Waals surface area contributed by atoms with E-state index in [2.05, 4.69) is 4.98 Å². The largest absolute Gasteiger partial charge is 0.379 e. The summed E-state index contributed by atoms with van der Waals surface area (Å²) in [4.78, 5) is 17.6. The van der Waals surface area contributed by atoms with Crippen molar-refractivity contribution in [2.45, 2.75) is 12.0 Å². The standard InChI is InChI=1S/C13H14F2N2O3/c14-9-5-10(15)11(16-6-9)12(18)17-2-4-20-8-13(17)1-3-19-7-13/h5-6H,1-4,7-8H2. The van der Waals surface area contributed by atoms with Gasteiger partial charge >= 0.3 is 0 Å². The Morgan fingerprint density at radius 1 is 1.30 bits per heavy atom. The molecule has 2 saturated heterocycles. The van der Waals surface area contributed by atoms with Gasteiger partial charge in [0.25, 0.3) is 5.91 Å². The van der Waals surface area contributed by atoms with E-state index in [1.54, 1.807) is 4.90 Å². The van der Waals surface area contributed by atoms with E-state index in [9.17, 15) is 13.6 Å². The molecule has 20 heavy (non-hydrogen) atoms. The number of halogens is 2. The molecule has 3 heterocycles. The van der Waals surface area contributed by atoms with E-state index in [1.807, 2.05) is 0 Å². The Labute approximate surface area is 114 Å². The normalized spacial score (nSPS) is 26.2. The lowest BCUT2D eigenvalue weighted by atomic mass is 9.95. The number of morpholine rings is 1. The molecular formula is C13H14F2N2O3. The van der Waals surface area contributed by atoms with Crippen LogP contribution in [-0.2, 0) is 9.47 Å². The van der Waals surface area contributed by atoms with Crippen LogP contribution in [0.2, 0.25) is 0 Å². The maximum atomic E-state index is 13.7. The van der Waals surface area contributed by atoms with Crippen molar-refractivity contribution in [2.75, 3.05) is 33.0 Å². The second-order valence-corrected chi connectivity index (χ2v) is 5.02. The molecule has 0 N–H and O–H groups in total. The first-order valence-corrected chi connectivity index (χ1v) is 6.41. The Morgan fingerprint density at radius 2 is 2.05 bits per heavy atom. The predicted molar refractivity (Wildman–Crippen MR) is 64.2 cm³/mol. The summed E-state index contributed by atoms with van der Waals surface area (Å²) >= 11 is 0. The molecule has 0 aliphatic carbocycles. The highest BCUT2D eigenvalue weighted by atomic mass is 19.1. The molecule has 3 rings (SSSR count). The lowest BCUT2D eigenvalue weighted by Crippen LogP contribution is -2.59. The first-order valence-electron chi connectivity index (χ1n) is 6.41. The Bertz CT molecular complexity index is 532. The zero-order valence-electron chi connectivity index (χ0n) is 10.8. The van der Waals surface area contributed by atoms with Crippen LogP contribution < -0.4 is 0 Å². The fraction of sp³-hybridized carbons (Fsp3) is 0.538. The van der Waals surface area contributed by atoms with Gasteiger partial charge < -0.3 is 14.4 Å². The SMILES string of the molecule is O=C(c1ncc(F)cc1F)N1CCOCC12CCOC2. The van der Waals surface area contributed by atoms with Gasteiger partial charge in [-0.1, -0.05) is 0 Å². The number of nitrogens with zero attached hydrogens (tertiary/aromatic N) is 2. The minimum absolute atomic E-state index is 0.348. The summed E-state index contributed by atoms with van der Waals surface area (Å²) in [6.45, 7) is 1.99. The molecule has 0 bridgehead atoms. The molecule has 0 radical (unpaired) electrons. The highest BCUT2D eigenvalue weighted by Crippen LogP contribution is 2.30. The third-order valence-electron chi connectivity index (χ3n) is 3.74. The fourth-order valence-electron chi connectivity index (χ4n) is 2.67. The van der Waals surface area contributed by atoms with Crippen molar-refractivity contribution in [1.82, 2.24) is 9.88 Å². The van der Waals surface area contributed by atoms with Crippen LogP contribution >= 0.6 is 0 Å². The number of hydrogen-bond donors (Lipinski definition) is 0. The van der Waals surface area contributed by atoms with Crippen molar-refractivity contribution in [3.8, 4) is 0 Å². The van der Waals surface area contributed by atoms with Gasteiger partial charge in [0, 0.05) is 19.2 Å². The Balaban J connectivity index is 1.91. The smallest absolute Gasteiger partial charge is 0.276 e. The highest BCUT2D eigenvalue weighted by Gasteiger charge is 2.46. The van der Waals surface area contributed by atoms with Gasteiger partial charge in [-0.3, -0.25) is 4.79 Å². The number of amides is 1. The monoisotopic (exact) mass is 284 g/mol. The summed E-state index contributed by atoms with van der Waals surface area (Å²) in [6, 6.07) is 0.665. The topological polar surface area (TPSA) is 51.7 Å². The lowest BCUT2D eigenvalue weighted by Gasteiger charge is -2.43. The molecule has 1 aromatic heterocycles. The Morgan fingerprint density at radius 3 is 2.75 bits per heavy atom. The van der Waals surface area contributed by atoms with E-state index in [1.165, 1.54) is 0 Å². The van der Waals surface area contributed by atoms with Gasteiger partial charge in [0.1, 0.15) is 5.82 Å². The van der Waals surface area contributed by atoms with Gasteiger partial charge in [-0.25, -0.2) is 13.8 Å². The molecule has 1 aromatic rings. The summed E-state index contributed by atoms with van der Waals surface area (Å²) in [7, 11) is 0. The van der Waals surface area contributed by atoms with Crippen molar-refractivity contribution in [1.29, 1.82) is 0 Å². The van der Waals surface area contributed by atoms with Gasteiger partial charge in [-0.2, -0.15) is 0 Å². The van der Waals surface area contributed by atoms with Crippen LogP contribution in [0.15, 0.2) is 12.3 Å². The third kappa shape index (κ3) is 2.16. The average Bonchev–Trinajstić information content (AvgIpc) is 2.87. The van der Waals surface area contributed by atoms with Crippen LogP contribution in [-0.4, -0.2) is 54.3 Å². The van der Waals surface area contributed by atoms with E-state index in [0.717, 1.165) is 6.20 Å². The molecule has 108 valence electrons. The van der Waals surface area contributed by atoms with Crippen LogP contribution in [0.1, 0.15) is 16.9 Å². The van der Waals surface area contributed by atoms with E-state index in [0.29, 0.717) is 45.5 Å². The highest BCUT2D eigenvalue weighted by molar-refractivity contribution is 5.93. The van der Waals surface area contributed by atoms with Crippen molar-refractivity contribution in [2.24, 2.45) is 0 Å². The second-order valence-electron chi connectivity index (χ2n) is 5.02. The fourth-order valence-corrected chi connectivity index (χ4v) is 2.67. The van der Waals surface area contributed by atoms with Gasteiger partial charge in [-0.15, -0.1) is 0 Å². The molecule has 1 spiro atoms. The van der Waals surface area contributed by atoms with E-state index < -0.39 is 23.1 Å². The van der Waals surface area contributed by atoms with Crippen molar-refractivity contribution in [3.05, 3.63) is 29.6 Å². The summed E-state index contributed by atoms with van der Waals surface area (Å²) in [5.74, 6) is -2.30. The zero-order chi connectivity index (χ0) is 14.2. The molecule has 1 amide bonds. The van der Waals surface area contributed by atoms with E-state index >= 15 is 0 Å². The summed E-state index contributed by atoms with van der Waals surface area (Å²) in [5.41, 5.74) is -0.919. The van der Waals surface area contributed by atoms with Crippen LogP contribution in [0.25, 0.3) is 0 Å². The van der Waals surface area contributed by atoms with E-state index in [-0.39, 0.29) is 5.69 Å². The maximum Gasteiger partial charge on any atom is 0.276 e.